The summed E-state index contributed by atoms with van der Waals surface area (Å²) in [5, 5.41) is 6.11. The van der Waals surface area contributed by atoms with Gasteiger partial charge in [-0.2, -0.15) is 0 Å². The van der Waals surface area contributed by atoms with E-state index in [0.29, 0.717) is 32.0 Å². The van der Waals surface area contributed by atoms with Gasteiger partial charge in [-0.3, -0.25) is 9.79 Å². The van der Waals surface area contributed by atoms with Crippen molar-refractivity contribution in [3.63, 3.8) is 0 Å². The largest absolute Gasteiger partial charge is 0.367 e. The van der Waals surface area contributed by atoms with Crippen molar-refractivity contribution < 1.29 is 13.9 Å². The van der Waals surface area contributed by atoms with E-state index in [9.17, 15) is 9.18 Å². The second kappa shape index (κ2) is 10.9. The molecule has 3 rings (SSSR count). The minimum Gasteiger partial charge on any atom is -0.367 e. The van der Waals surface area contributed by atoms with Crippen LogP contribution in [0.4, 0.5) is 10.2 Å². The van der Waals surface area contributed by atoms with Crippen LogP contribution in [-0.4, -0.2) is 54.0 Å². The van der Waals surface area contributed by atoms with Gasteiger partial charge in [0.2, 0.25) is 5.91 Å². The van der Waals surface area contributed by atoms with Crippen molar-refractivity contribution in [3.05, 3.63) is 59.5 Å². The number of aromatic nitrogens is 1. The molecule has 2 unspecified atom stereocenters. The van der Waals surface area contributed by atoms with E-state index in [4.69, 9.17) is 4.74 Å². The molecule has 8 heteroatoms. The Balaban J connectivity index is 1.61. The molecule has 1 aliphatic heterocycles. The van der Waals surface area contributed by atoms with Crippen molar-refractivity contribution in [1.82, 2.24) is 15.2 Å². The fourth-order valence-electron chi connectivity index (χ4n) is 3.49. The quantitative estimate of drug-likeness (QED) is 0.546. The number of anilines is 1. The highest BCUT2D eigenvalue weighted by molar-refractivity contribution is 5.90. The van der Waals surface area contributed by atoms with Gasteiger partial charge in [0.25, 0.3) is 0 Å². The molecule has 0 spiro atoms. The number of rotatable bonds is 6. The topological polar surface area (TPSA) is 78.8 Å². The molecule has 0 radical (unpaired) electrons. The zero-order chi connectivity index (χ0) is 22.2. The van der Waals surface area contributed by atoms with Gasteiger partial charge in [0.05, 0.1) is 19.2 Å². The predicted molar refractivity (Wildman–Crippen MR) is 119 cm³/mol. The molecule has 166 valence electrons. The van der Waals surface area contributed by atoms with Gasteiger partial charge >= 0.3 is 0 Å². The summed E-state index contributed by atoms with van der Waals surface area (Å²) >= 11 is 0. The van der Waals surface area contributed by atoms with Crippen LogP contribution >= 0.6 is 0 Å². The van der Waals surface area contributed by atoms with E-state index in [2.05, 4.69) is 25.5 Å². The minimum atomic E-state index is -0.265. The number of nitrogens with zero attached hydrogens (tertiary/aromatic N) is 3. The number of amides is 1. The maximum Gasteiger partial charge on any atom is 0.227 e. The molecule has 1 fully saturated rings. The van der Waals surface area contributed by atoms with Crippen LogP contribution in [0.3, 0.4) is 0 Å². The maximum absolute atomic E-state index is 13.3. The zero-order valence-corrected chi connectivity index (χ0v) is 18.3. The summed E-state index contributed by atoms with van der Waals surface area (Å²) in [6.45, 7) is 8.25. The molecular formula is C23H30FN5O2. The lowest BCUT2D eigenvalue weighted by Crippen LogP contribution is -2.50. The van der Waals surface area contributed by atoms with Crippen LogP contribution < -0.4 is 10.6 Å². The molecule has 7 nitrogen and oxygen atoms in total. The lowest BCUT2D eigenvalue weighted by atomic mass is 10.1. The van der Waals surface area contributed by atoms with Crippen molar-refractivity contribution >= 4 is 17.7 Å². The van der Waals surface area contributed by atoms with E-state index in [-0.39, 0.29) is 30.4 Å². The van der Waals surface area contributed by atoms with Gasteiger partial charge in [0.15, 0.2) is 5.96 Å². The molecule has 0 saturated carbocycles. The molecule has 1 saturated heterocycles. The number of aryl methyl sites for hydroxylation is 1. The Morgan fingerprint density at radius 3 is 2.74 bits per heavy atom. The number of halogens is 1. The number of ether oxygens (including phenoxy) is 1. The van der Waals surface area contributed by atoms with Crippen LogP contribution in [0.15, 0.2) is 47.5 Å². The third-order valence-corrected chi connectivity index (χ3v) is 4.89. The number of benzene rings is 1. The summed E-state index contributed by atoms with van der Waals surface area (Å²) in [7, 11) is 0. The molecule has 2 heterocycles. The monoisotopic (exact) mass is 427 g/mol. The highest BCUT2D eigenvalue weighted by atomic mass is 19.1. The summed E-state index contributed by atoms with van der Waals surface area (Å²) in [5.41, 5.74) is 1.78. The summed E-state index contributed by atoms with van der Waals surface area (Å²) in [6.07, 6.45) is 0.0680. The lowest BCUT2D eigenvalue weighted by Gasteiger charge is -2.38. The van der Waals surface area contributed by atoms with Crippen molar-refractivity contribution in [2.45, 2.75) is 39.4 Å². The van der Waals surface area contributed by atoms with Gasteiger partial charge in [-0.15, -0.1) is 0 Å². The molecule has 2 N–H and O–H groups in total. The highest BCUT2D eigenvalue weighted by Crippen LogP contribution is 2.25. The third-order valence-electron chi connectivity index (χ3n) is 4.89. The Hall–Kier alpha value is -3.00. The van der Waals surface area contributed by atoms with Gasteiger partial charge in [-0.05, 0) is 50.6 Å². The number of morpholine rings is 1. The summed E-state index contributed by atoms with van der Waals surface area (Å²) in [6, 6.07) is 11.9. The number of pyridine rings is 1. The second-order valence-electron chi connectivity index (χ2n) is 7.59. The van der Waals surface area contributed by atoms with Crippen LogP contribution in [-0.2, 0) is 9.53 Å². The van der Waals surface area contributed by atoms with Gasteiger partial charge < -0.3 is 20.3 Å². The standard InChI is InChI=1S/C23H30FN5O2/c1-4-25-23(26-13-12-22(30)28-21-7-5-6-16(2)27-21)29-14-17(3)31-20(15-29)18-8-10-19(24)11-9-18/h5-11,17,20H,4,12-15H2,1-3H3,(H,25,26)(H,27,28,30). The molecule has 0 aliphatic carbocycles. The summed E-state index contributed by atoms with van der Waals surface area (Å²) in [4.78, 5) is 23.3. The van der Waals surface area contributed by atoms with E-state index >= 15 is 0 Å². The fourth-order valence-corrected chi connectivity index (χ4v) is 3.49. The van der Waals surface area contributed by atoms with Crippen LogP contribution in [0.5, 0.6) is 0 Å². The van der Waals surface area contributed by atoms with Crippen molar-refractivity contribution in [1.29, 1.82) is 0 Å². The van der Waals surface area contributed by atoms with Crippen molar-refractivity contribution in [2.75, 3.05) is 31.5 Å². The molecule has 31 heavy (non-hydrogen) atoms. The first-order valence-electron chi connectivity index (χ1n) is 10.6. The fraction of sp³-hybridized carbons (Fsp3) is 0.435. The van der Waals surface area contributed by atoms with Crippen LogP contribution in [0.2, 0.25) is 0 Å². The Morgan fingerprint density at radius 1 is 1.26 bits per heavy atom. The van der Waals surface area contributed by atoms with Crippen LogP contribution in [0.1, 0.15) is 37.6 Å². The van der Waals surface area contributed by atoms with Crippen LogP contribution in [0.25, 0.3) is 0 Å². The normalized spacial score (nSPS) is 19.2. The first kappa shape index (κ1) is 22.7. The van der Waals surface area contributed by atoms with Gasteiger partial charge in [0.1, 0.15) is 17.7 Å². The number of hydrogen-bond acceptors (Lipinski definition) is 4. The minimum absolute atomic E-state index is 0.0108. The smallest absolute Gasteiger partial charge is 0.227 e. The molecule has 2 aromatic rings. The van der Waals surface area contributed by atoms with Gasteiger partial charge in [0, 0.05) is 25.2 Å². The van der Waals surface area contributed by atoms with Gasteiger partial charge in [-0.1, -0.05) is 18.2 Å². The molecular weight excluding hydrogens is 397 g/mol. The Morgan fingerprint density at radius 2 is 2.03 bits per heavy atom. The zero-order valence-electron chi connectivity index (χ0n) is 18.3. The number of hydrogen-bond donors (Lipinski definition) is 2. The maximum atomic E-state index is 13.3. The highest BCUT2D eigenvalue weighted by Gasteiger charge is 2.28. The molecule has 1 amide bonds. The first-order valence-corrected chi connectivity index (χ1v) is 10.6. The van der Waals surface area contributed by atoms with Crippen LogP contribution in [0, 0.1) is 12.7 Å². The van der Waals surface area contributed by atoms with Crippen molar-refractivity contribution in [3.8, 4) is 0 Å². The molecule has 1 aromatic carbocycles. The predicted octanol–water partition coefficient (Wildman–Crippen LogP) is 3.29. The summed E-state index contributed by atoms with van der Waals surface area (Å²) in [5.74, 6) is 0.895. The van der Waals surface area contributed by atoms with E-state index in [0.717, 1.165) is 17.2 Å². The molecule has 1 aliphatic rings. The number of carbonyl (C=O) groups is 1. The second-order valence-corrected chi connectivity index (χ2v) is 7.59. The molecule has 1 aromatic heterocycles. The Bertz CT molecular complexity index is 903. The number of nitrogens with one attached hydrogen (secondary N) is 2. The Labute approximate surface area is 182 Å². The van der Waals surface area contributed by atoms with E-state index in [1.54, 1.807) is 18.2 Å². The molecule has 2 atom stereocenters. The number of carbonyl (C=O) groups excluding carboxylic acids is 1. The van der Waals surface area contributed by atoms with E-state index < -0.39 is 0 Å². The SMILES string of the molecule is CCNC(=NCCC(=O)Nc1cccc(C)n1)N1CC(C)OC(c2ccc(F)cc2)C1. The first-order chi connectivity index (χ1) is 14.9. The average Bonchev–Trinajstić information content (AvgIpc) is 2.73. The number of guanidine groups is 1. The lowest BCUT2D eigenvalue weighted by molar-refractivity contribution is -0.116. The van der Waals surface area contributed by atoms with E-state index in [1.807, 2.05) is 32.9 Å². The molecule has 0 bridgehead atoms. The average molecular weight is 428 g/mol. The van der Waals surface area contributed by atoms with Gasteiger partial charge in [-0.25, -0.2) is 9.37 Å². The Kier molecular flexibility index (Phi) is 7.94. The summed E-state index contributed by atoms with van der Waals surface area (Å²) < 4.78 is 19.4. The number of aliphatic imine (C=N–C) groups is 1. The van der Waals surface area contributed by atoms with Crippen molar-refractivity contribution in [2.24, 2.45) is 4.99 Å². The van der Waals surface area contributed by atoms with E-state index in [1.165, 1.54) is 12.1 Å². The third kappa shape index (κ3) is 6.75.